The summed E-state index contributed by atoms with van der Waals surface area (Å²) in [5.41, 5.74) is 0. The van der Waals surface area contributed by atoms with E-state index in [0.29, 0.717) is 0 Å². The Kier molecular flexibility index (Phi) is 30.1. The number of hydrogen-bond acceptors (Lipinski definition) is 5. The van der Waals surface area contributed by atoms with E-state index in [1.54, 1.807) is 0 Å². The fourth-order valence-electron chi connectivity index (χ4n) is 0.314. The van der Waals surface area contributed by atoms with E-state index in [9.17, 15) is 13.9 Å². The predicted octanol–water partition coefficient (Wildman–Crippen LogP) is -0.864. The van der Waals surface area contributed by atoms with Gasteiger partial charge >= 0.3 is 173 Å². The standard InChI is InChI=1S/C2H6O8P2.4Ca.8H/c1-2(3)9-12(7,8)10-11(4,5)6;;;;;;;;;;;;/h1H3,(H,7,8)(H2,4,5,6);;;;;;;;;;;;/q;4*+2;8*-1. The van der Waals surface area contributed by atoms with Crippen LogP contribution in [0.4, 0.5) is 0 Å². The van der Waals surface area contributed by atoms with Crippen LogP contribution < -0.4 is 0 Å². The van der Waals surface area contributed by atoms with Crippen molar-refractivity contribution < 1.29 is 48.9 Å². The monoisotopic (exact) mass is 388 g/mol. The third kappa shape index (κ3) is 23.9. The van der Waals surface area contributed by atoms with E-state index in [2.05, 4.69) is 8.83 Å². The Bertz CT molecular complexity index is 297. The second kappa shape index (κ2) is 14.7. The maximum atomic E-state index is 10.4. The molecule has 0 aromatic rings. The molecule has 0 saturated carbocycles. The summed E-state index contributed by atoms with van der Waals surface area (Å²) in [6, 6.07) is 0. The minimum absolute atomic E-state index is 0. The van der Waals surface area contributed by atoms with Gasteiger partial charge in [0.1, 0.15) is 0 Å². The van der Waals surface area contributed by atoms with Crippen molar-refractivity contribution in [2.45, 2.75) is 6.92 Å². The van der Waals surface area contributed by atoms with Crippen LogP contribution in [0.3, 0.4) is 0 Å². The van der Waals surface area contributed by atoms with E-state index < -0.39 is 21.6 Å². The van der Waals surface area contributed by atoms with Crippen LogP contribution in [0.15, 0.2) is 0 Å². The molecule has 0 amide bonds. The summed E-state index contributed by atoms with van der Waals surface area (Å²) in [6.07, 6.45) is 0. The Labute approximate surface area is 223 Å². The fraction of sp³-hybridized carbons (Fsp3) is 0.500. The summed E-state index contributed by atoms with van der Waals surface area (Å²) in [5.74, 6) is -1.19. The molecule has 0 spiro atoms. The van der Waals surface area contributed by atoms with Gasteiger partial charge in [0.05, 0.1) is 0 Å². The van der Waals surface area contributed by atoms with E-state index in [1.165, 1.54) is 0 Å². The van der Waals surface area contributed by atoms with Crippen molar-refractivity contribution in [3.8, 4) is 0 Å². The molecule has 88 valence electrons. The zero-order chi connectivity index (χ0) is 9.99. The molecule has 0 aromatic heterocycles. The minimum atomic E-state index is -5.13. The molecule has 0 fully saturated rings. The first kappa shape index (κ1) is 32.7. The zero-order valence-electron chi connectivity index (χ0n) is 16.6. The maximum Gasteiger partial charge on any atom is 2.00 e. The summed E-state index contributed by atoms with van der Waals surface area (Å²) in [6.45, 7) is 0.784. The van der Waals surface area contributed by atoms with Crippen molar-refractivity contribution in [3.63, 3.8) is 0 Å². The first-order valence-electron chi connectivity index (χ1n) is 2.42. The van der Waals surface area contributed by atoms with Gasteiger partial charge < -0.3 is 25.7 Å². The first-order chi connectivity index (χ1) is 5.12. The van der Waals surface area contributed by atoms with E-state index >= 15 is 0 Å². The molecule has 0 aliphatic rings. The van der Waals surface area contributed by atoms with E-state index in [-0.39, 0.29) is 162 Å². The van der Waals surface area contributed by atoms with Gasteiger partial charge in [-0.3, -0.25) is 9.69 Å². The van der Waals surface area contributed by atoms with Crippen LogP contribution >= 0.6 is 15.6 Å². The van der Waals surface area contributed by atoms with Crippen LogP contribution in [-0.2, 0) is 22.8 Å². The number of carbonyl (C=O) groups is 1. The third-order valence-electron chi connectivity index (χ3n) is 0.453. The fourth-order valence-corrected chi connectivity index (χ4v) is 1.85. The van der Waals surface area contributed by atoms with Crippen molar-refractivity contribution in [1.29, 1.82) is 0 Å². The molecule has 8 nitrogen and oxygen atoms in total. The summed E-state index contributed by atoms with van der Waals surface area (Å²) in [5, 5.41) is 0. The SMILES string of the molecule is CC(=O)OP(=O)(O)OP(=O)(O)O.[Ca+2].[Ca+2].[Ca+2].[Ca+2].[H-].[H-].[H-].[H-].[H-].[H-].[H-].[H-]. The smallest absolute Gasteiger partial charge is 1.00 e. The second-order valence-corrected chi connectivity index (χ2v) is 4.38. The molecule has 3 N–H and O–H groups in total. The van der Waals surface area contributed by atoms with E-state index in [1.807, 2.05) is 0 Å². The van der Waals surface area contributed by atoms with Crippen LogP contribution in [0, 0.1) is 0 Å². The quantitative estimate of drug-likeness (QED) is 0.420. The predicted molar refractivity (Wildman–Crippen MR) is 66.6 cm³/mol. The molecule has 0 heterocycles. The van der Waals surface area contributed by atoms with Crippen LogP contribution in [0.25, 0.3) is 0 Å². The number of phosphoric ester groups is 1. The van der Waals surface area contributed by atoms with Gasteiger partial charge in [0.15, 0.2) is 0 Å². The van der Waals surface area contributed by atoms with Crippen molar-refractivity contribution in [2.75, 3.05) is 0 Å². The number of phosphoric acid groups is 2. The Morgan fingerprint density at radius 1 is 1.06 bits per heavy atom. The van der Waals surface area contributed by atoms with Gasteiger partial charge in [-0.05, 0) is 0 Å². The Balaban J connectivity index is -0.00000000917. The van der Waals surface area contributed by atoms with Crippen molar-refractivity contribution >= 4 is 173 Å². The summed E-state index contributed by atoms with van der Waals surface area (Å²) in [7, 11) is -10.1. The molecule has 0 bridgehead atoms. The van der Waals surface area contributed by atoms with Gasteiger partial charge in [0, 0.05) is 6.92 Å². The number of hydrogen-bond donors (Lipinski definition) is 3. The van der Waals surface area contributed by atoms with Gasteiger partial charge in [-0.1, -0.05) is 0 Å². The Morgan fingerprint density at radius 2 is 1.38 bits per heavy atom. The zero-order valence-corrected chi connectivity index (χ0v) is 19.2. The van der Waals surface area contributed by atoms with Crippen LogP contribution in [0.1, 0.15) is 18.3 Å². The van der Waals surface area contributed by atoms with Gasteiger partial charge in [-0.15, -0.1) is 0 Å². The van der Waals surface area contributed by atoms with Crippen LogP contribution in [0.2, 0.25) is 0 Å². The van der Waals surface area contributed by atoms with Crippen molar-refractivity contribution in [1.82, 2.24) is 0 Å². The third-order valence-corrected chi connectivity index (χ3v) is 2.62. The molecular weight excluding hydrogens is 374 g/mol. The molecule has 0 rings (SSSR count). The molecular formula is C2H14Ca4O8P2. The number of carbonyl (C=O) groups excluding carboxylic acids is 1. The number of rotatable bonds is 3. The van der Waals surface area contributed by atoms with Gasteiger partial charge in [-0.25, -0.2) is 9.13 Å². The molecule has 1 atom stereocenters. The van der Waals surface area contributed by atoms with Gasteiger partial charge in [-0.2, -0.15) is 4.31 Å². The van der Waals surface area contributed by atoms with Gasteiger partial charge in [0.25, 0.3) is 0 Å². The van der Waals surface area contributed by atoms with Crippen molar-refractivity contribution in [2.24, 2.45) is 0 Å². The van der Waals surface area contributed by atoms with Crippen molar-refractivity contribution in [3.05, 3.63) is 0 Å². The molecule has 1 unspecified atom stereocenters. The second-order valence-electron chi connectivity index (χ2n) is 1.62. The van der Waals surface area contributed by atoms with E-state index in [0.717, 1.165) is 6.92 Å². The van der Waals surface area contributed by atoms with Gasteiger partial charge in [0.2, 0.25) is 0 Å². The summed E-state index contributed by atoms with van der Waals surface area (Å²) >= 11 is 0. The molecule has 14 heteroatoms. The molecule has 0 aromatic carbocycles. The molecule has 0 aliphatic heterocycles. The molecule has 16 heavy (non-hydrogen) atoms. The Hall–Kier alpha value is 4.81. The average Bonchev–Trinajstić information content (AvgIpc) is 1.48. The normalized spacial score (nSPS) is 12.5. The largest absolute Gasteiger partial charge is 2.00 e. The van der Waals surface area contributed by atoms with Crippen LogP contribution in [0.5, 0.6) is 0 Å². The van der Waals surface area contributed by atoms with E-state index in [4.69, 9.17) is 14.7 Å². The minimum Gasteiger partial charge on any atom is -1.00 e. The van der Waals surface area contributed by atoms with Crippen LogP contribution in [-0.4, -0.2) is 172 Å². The first-order valence-corrected chi connectivity index (χ1v) is 5.45. The summed E-state index contributed by atoms with van der Waals surface area (Å²) < 4.78 is 27.3. The maximum absolute atomic E-state index is 10.4. The molecule has 0 aliphatic carbocycles. The molecule has 0 radical (unpaired) electrons. The topological polar surface area (TPSA) is 130 Å². The summed E-state index contributed by atoms with van der Waals surface area (Å²) in [4.78, 5) is 34.5. The average molecular weight is 388 g/mol. The Morgan fingerprint density at radius 3 is 1.56 bits per heavy atom. The molecule has 0 saturated heterocycles.